The lowest BCUT2D eigenvalue weighted by atomic mass is 10.4. The van der Waals surface area contributed by atoms with E-state index in [0.29, 0.717) is 29.6 Å². The summed E-state index contributed by atoms with van der Waals surface area (Å²) in [4.78, 5) is 16.4. The second-order valence-electron chi connectivity index (χ2n) is 4.82. The largest absolute Gasteiger partial charge is 0.367 e. The molecule has 24 heavy (non-hydrogen) atoms. The summed E-state index contributed by atoms with van der Waals surface area (Å²) in [5, 5.41) is 19.2. The molecule has 0 fully saturated rings. The standard InChI is InChI=1S/C16H16N6OS/c23-16(13-2-1-11-24-13)19-10-9-18-14-3-4-15(22-21-14)20-12-5-7-17-8-6-12/h1-8,11H,9-10H2,(H,18,21)(H,19,23)(H,17,20,22). The zero-order valence-electron chi connectivity index (χ0n) is 12.8. The number of carbonyl (C=O) groups excluding carboxylic acids is 1. The Morgan fingerprint density at radius 2 is 1.79 bits per heavy atom. The van der Waals surface area contributed by atoms with Gasteiger partial charge in [0.25, 0.3) is 5.91 Å². The molecule has 0 radical (unpaired) electrons. The number of anilines is 3. The SMILES string of the molecule is O=C(NCCNc1ccc(Nc2ccncc2)nn1)c1cccs1. The highest BCUT2D eigenvalue weighted by Crippen LogP contribution is 2.13. The first-order chi connectivity index (χ1) is 11.8. The van der Waals surface area contributed by atoms with Crippen molar-refractivity contribution < 1.29 is 4.79 Å². The minimum absolute atomic E-state index is 0.0604. The quantitative estimate of drug-likeness (QED) is 0.573. The maximum absolute atomic E-state index is 11.8. The van der Waals surface area contributed by atoms with Gasteiger partial charge >= 0.3 is 0 Å². The smallest absolute Gasteiger partial charge is 0.261 e. The van der Waals surface area contributed by atoms with Gasteiger partial charge in [0.05, 0.1) is 4.88 Å². The van der Waals surface area contributed by atoms with Gasteiger partial charge in [-0.2, -0.15) is 0 Å². The van der Waals surface area contributed by atoms with Gasteiger partial charge < -0.3 is 16.0 Å². The number of carbonyl (C=O) groups is 1. The molecule has 3 heterocycles. The third-order valence-corrected chi connectivity index (χ3v) is 3.95. The summed E-state index contributed by atoms with van der Waals surface area (Å²) < 4.78 is 0. The monoisotopic (exact) mass is 340 g/mol. The third kappa shape index (κ3) is 4.50. The number of amides is 1. The molecule has 8 heteroatoms. The fourth-order valence-electron chi connectivity index (χ4n) is 1.94. The minimum atomic E-state index is -0.0604. The lowest BCUT2D eigenvalue weighted by molar-refractivity contribution is 0.0959. The van der Waals surface area contributed by atoms with Crippen LogP contribution in [0.15, 0.2) is 54.2 Å². The maximum Gasteiger partial charge on any atom is 0.261 e. The predicted molar refractivity (Wildman–Crippen MR) is 94.7 cm³/mol. The lowest BCUT2D eigenvalue weighted by Crippen LogP contribution is -2.28. The number of nitrogens with zero attached hydrogens (tertiary/aromatic N) is 3. The summed E-state index contributed by atoms with van der Waals surface area (Å²) in [6.45, 7) is 1.08. The van der Waals surface area contributed by atoms with Crippen LogP contribution in [-0.2, 0) is 0 Å². The molecule has 3 rings (SSSR count). The summed E-state index contributed by atoms with van der Waals surface area (Å²) in [6, 6.07) is 11.0. The molecule has 0 atom stereocenters. The van der Waals surface area contributed by atoms with Crippen LogP contribution in [0, 0.1) is 0 Å². The van der Waals surface area contributed by atoms with Crippen molar-refractivity contribution in [3.05, 3.63) is 59.0 Å². The van der Waals surface area contributed by atoms with Crippen molar-refractivity contribution in [1.29, 1.82) is 0 Å². The van der Waals surface area contributed by atoms with Gasteiger partial charge in [0.2, 0.25) is 0 Å². The maximum atomic E-state index is 11.8. The number of thiophene rings is 1. The van der Waals surface area contributed by atoms with Crippen molar-refractivity contribution in [2.75, 3.05) is 23.7 Å². The van der Waals surface area contributed by atoms with Crippen LogP contribution in [0.25, 0.3) is 0 Å². The van der Waals surface area contributed by atoms with E-state index in [1.807, 2.05) is 35.7 Å². The number of aromatic nitrogens is 3. The first-order valence-electron chi connectivity index (χ1n) is 7.37. The van der Waals surface area contributed by atoms with E-state index in [2.05, 4.69) is 31.1 Å². The Labute approximate surface area is 143 Å². The fraction of sp³-hybridized carbons (Fsp3) is 0.125. The van der Waals surface area contributed by atoms with Crippen LogP contribution in [0.5, 0.6) is 0 Å². The fourth-order valence-corrected chi connectivity index (χ4v) is 2.58. The Kier molecular flexibility index (Phi) is 5.31. The summed E-state index contributed by atoms with van der Waals surface area (Å²) in [6.07, 6.45) is 3.41. The lowest BCUT2D eigenvalue weighted by Gasteiger charge is -2.08. The molecule has 3 N–H and O–H groups in total. The Morgan fingerprint density at radius 1 is 1.00 bits per heavy atom. The van der Waals surface area contributed by atoms with Gasteiger partial charge in [-0.1, -0.05) is 6.07 Å². The number of hydrogen-bond acceptors (Lipinski definition) is 7. The molecular formula is C16H16N6OS. The van der Waals surface area contributed by atoms with Crippen LogP contribution in [0.3, 0.4) is 0 Å². The highest BCUT2D eigenvalue weighted by atomic mass is 32.1. The number of hydrogen-bond donors (Lipinski definition) is 3. The molecule has 1 amide bonds. The van der Waals surface area contributed by atoms with Crippen LogP contribution in [0.1, 0.15) is 9.67 Å². The second kappa shape index (κ2) is 8.02. The second-order valence-corrected chi connectivity index (χ2v) is 5.77. The molecule has 0 aliphatic heterocycles. The average Bonchev–Trinajstić information content (AvgIpc) is 3.16. The molecule has 0 bridgehead atoms. The van der Waals surface area contributed by atoms with Gasteiger partial charge in [-0.25, -0.2) is 0 Å². The highest BCUT2D eigenvalue weighted by molar-refractivity contribution is 7.12. The van der Waals surface area contributed by atoms with Gasteiger partial charge in [-0.3, -0.25) is 9.78 Å². The highest BCUT2D eigenvalue weighted by Gasteiger charge is 2.04. The number of rotatable bonds is 7. The van der Waals surface area contributed by atoms with Gasteiger partial charge in [-0.05, 0) is 35.7 Å². The summed E-state index contributed by atoms with van der Waals surface area (Å²) >= 11 is 1.42. The van der Waals surface area contributed by atoms with Crippen molar-refractivity contribution in [3.63, 3.8) is 0 Å². The van der Waals surface area contributed by atoms with E-state index in [0.717, 1.165) is 5.69 Å². The summed E-state index contributed by atoms with van der Waals surface area (Å²) in [5.74, 6) is 1.24. The minimum Gasteiger partial charge on any atom is -0.367 e. The molecule has 3 aromatic heterocycles. The summed E-state index contributed by atoms with van der Waals surface area (Å²) in [7, 11) is 0. The molecule has 7 nitrogen and oxygen atoms in total. The van der Waals surface area contributed by atoms with Crippen molar-refractivity contribution in [2.45, 2.75) is 0 Å². The normalized spacial score (nSPS) is 10.2. The van der Waals surface area contributed by atoms with E-state index >= 15 is 0 Å². The van der Waals surface area contributed by atoms with E-state index in [1.54, 1.807) is 18.5 Å². The molecule has 0 aliphatic rings. The molecule has 0 aromatic carbocycles. The Bertz CT molecular complexity index is 761. The van der Waals surface area contributed by atoms with Crippen LogP contribution in [0.2, 0.25) is 0 Å². The van der Waals surface area contributed by atoms with Gasteiger partial charge in [0.15, 0.2) is 5.82 Å². The third-order valence-electron chi connectivity index (χ3n) is 3.08. The molecule has 3 aromatic rings. The molecule has 0 aliphatic carbocycles. The Morgan fingerprint density at radius 3 is 2.50 bits per heavy atom. The zero-order chi connectivity index (χ0) is 16.6. The molecule has 0 saturated carbocycles. The van der Waals surface area contributed by atoms with Gasteiger partial charge in [-0.15, -0.1) is 21.5 Å². The Hall–Kier alpha value is -3.00. The molecule has 122 valence electrons. The van der Waals surface area contributed by atoms with Gasteiger partial charge in [0, 0.05) is 31.2 Å². The molecule has 0 spiro atoms. The van der Waals surface area contributed by atoms with E-state index in [4.69, 9.17) is 0 Å². The molecule has 0 saturated heterocycles. The van der Waals surface area contributed by atoms with E-state index in [9.17, 15) is 4.79 Å². The van der Waals surface area contributed by atoms with E-state index in [1.165, 1.54) is 11.3 Å². The van der Waals surface area contributed by atoms with Gasteiger partial charge in [0.1, 0.15) is 5.82 Å². The topological polar surface area (TPSA) is 91.8 Å². The zero-order valence-corrected chi connectivity index (χ0v) is 13.6. The van der Waals surface area contributed by atoms with Crippen molar-refractivity contribution in [3.8, 4) is 0 Å². The average molecular weight is 340 g/mol. The van der Waals surface area contributed by atoms with Crippen molar-refractivity contribution in [1.82, 2.24) is 20.5 Å². The number of nitrogens with one attached hydrogen (secondary N) is 3. The predicted octanol–water partition coefficient (Wildman–Crippen LogP) is 2.52. The van der Waals surface area contributed by atoms with Crippen molar-refractivity contribution in [2.24, 2.45) is 0 Å². The first-order valence-corrected chi connectivity index (χ1v) is 8.25. The number of pyridine rings is 1. The Balaban J connectivity index is 1.42. The summed E-state index contributed by atoms with van der Waals surface area (Å²) in [5.41, 5.74) is 0.899. The van der Waals surface area contributed by atoms with Crippen molar-refractivity contribution >= 4 is 34.6 Å². The van der Waals surface area contributed by atoms with Crippen LogP contribution < -0.4 is 16.0 Å². The first kappa shape index (κ1) is 15.9. The van der Waals surface area contributed by atoms with E-state index < -0.39 is 0 Å². The molecular weight excluding hydrogens is 324 g/mol. The van der Waals surface area contributed by atoms with Crippen LogP contribution in [0.4, 0.5) is 17.3 Å². The van der Waals surface area contributed by atoms with Crippen LogP contribution >= 0.6 is 11.3 Å². The van der Waals surface area contributed by atoms with E-state index in [-0.39, 0.29) is 5.91 Å². The van der Waals surface area contributed by atoms with Crippen LogP contribution in [-0.4, -0.2) is 34.2 Å². The molecule has 0 unspecified atom stereocenters.